The standard InChI is InChI=1S/C15H19ClN2O2/c1-8-9(2)20-10(3)14(8)15(18-17)11-5-6-12(16)13(7-11)19-4/h5-7,15,18H,17H2,1-4H3. The van der Waals surface area contributed by atoms with Gasteiger partial charge in [-0.3, -0.25) is 5.84 Å². The first-order valence-electron chi connectivity index (χ1n) is 6.35. The highest BCUT2D eigenvalue weighted by Gasteiger charge is 2.22. The van der Waals surface area contributed by atoms with Crippen LogP contribution in [0, 0.1) is 20.8 Å². The average molecular weight is 295 g/mol. The predicted molar refractivity (Wildman–Crippen MR) is 80.1 cm³/mol. The summed E-state index contributed by atoms with van der Waals surface area (Å²) in [5.41, 5.74) is 5.96. The van der Waals surface area contributed by atoms with Gasteiger partial charge in [0.1, 0.15) is 17.3 Å². The molecule has 2 aromatic rings. The molecule has 0 spiro atoms. The maximum absolute atomic E-state index is 6.06. The molecule has 0 saturated heterocycles. The van der Waals surface area contributed by atoms with Gasteiger partial charge in [0.15, 0.2) is 0 Å². The van der Waals surface area contributed by atoms with E-state index in [0.29, 0.717) is 10.8 Å². The number of halogens is 1. The quantitative estimate of drug-likeness (QED) is 0.670. The Hall–Kier alpha value is -1.49. The summed E-state index contributed by atoms with van der Waals surface area (Å²) in [4.78, 5) is 0. The summed E-state index contributed by atoms with van der Waals surface area (Å²) >= 11 is 6.06. The van der Waals surface area contributed by atoms with Gasteiger partial charge >= 0.3 is 0 Å². The van der Waals surface area contributed by atoms with Gasteiger partial charge < -0.3 is 9.15 Å². The van der Waals surface area contributed by atoms with Gasteiger partial charge in [0.05, 0.1) is 18.2 Å². The fourth-order valence-corrected chi connectivity index (χ4v) is 2.63. The minimum absolute atomic E-state index is 0.168. The van der Waals surface area contributed by atoms with Crippen molar-refractivity contribution in [3.63, 3.8) is 0 Å². The lowest BCUT2D eigenvalue weighted by atomic mass is 9.96. The van der Waals surface area contributed by atoms with Gasteiger partial charge in [-0.15, -0.1) is 0 Å². The fraction of sp³-hybridized carbons (Fsp3) is 0.333. The second kappa shape index (κ2) is 5.87. The summed E-state index contributed by atoms with van der Waals surface area (Å²) in [7, 11) is 1.59. The molecule has 0 fully saturated rings. The number of aryl methyl sites for hydroxylation is 2. The van der Waals surface area contributed by atoms with Crippen molar-refractivity contribution in [3.05, 3.63) is 51.4 Å². The molecule has 0 aliphatic carbocycles. The van der Waals surface area contributed by atoms with Crippen LogP contribution >= 0.6 is 11.6 Å². The first-order chi connectivity index (χ1) is 9.49. The van der Waals surface area contributed by atoms with E-state index in [2.05, 4.69) is 5.43 Å². The molecule has 4 nitrogen and oxygen atoms in total. The number of methoxy groups -OCH3 is 1. The SMILES string of the molecule is COc1cc(C(NN)c2c(C)oc(C)c2C)ccc1Cl. The molecule has 1 aromatic carbocycles. The highest BCUT2D eigenvalue weighted by Crippen LogP contribution is 2.34. The minimum Gasteiger partial charge on any atom is -0.495 e. The number of benzene rings is 1. The van der Waals surface area contributed by atoms with Crippen LogP contribution in [0.15, 0.2) is 22.6 Å². The fourth-order valence-electron chi connectivity index (χ4n) is 2.44. The van der Waals surface area contributed by atoms with Gasteiger partial charge in [0.25, 0.3) is 0 Å². The zero-order valence-electron chi connectivity index (χ0n) is 12.1. The molecule has 108 valence electrons. The molecule has 2 rings (SSSR count). The summed E-state index contributed by atoms with van der Waals surface area (Å²) in [5.74, 6) is 8.13. The van der Waals surface area contributed by atoms with Crippen LogP contribution in [-0.2, 0) is 0 Å². The molecular formula is C15H19ClN2O2. The van der Waals surface area contributed by atoms with E-state index in [4.69, 9.17) is 26.6 Å². The van der Waals surface area contributed by atoms with Gasteiger partial charge in [-0.1, -0.05) is 17.7 Å². The van der Waals surface area contributed by atoms with E-state index in [-0.39, 0.29) is 6.04 Å². The van der Waals surface area contributed by atoms with E-state index in [0.717, 1.165) is 28.2 Å². The zero-order chi connectivity index (χ0) is 14.9. The molecule has 1 unspecified atom stereocenters. The Morgan fingerprint density at radius 3 is 2.45 bits per heavy atom. The Kier molecular flexibility index (Phi) is 4.38. The number of hydrogen-bond acceptors (Lipinski definition) is 4. The number of nitrogens with one attached hydrogen (secondary N) is 1. The van der Waals surface area contributed by atoms with Gasteiger partial charge in [-0.05, 0) is 44.0 Å². The molecule has 20 heavy (non-hydrogen) atoms. The van der Waals surface area contributed by atoms with Gasteiger partial charge in [-0.25, -0.2) is 5.43 Å². The number of hydrazine groups is 1. The smallest absolute Gasteiger partial charge is 0.137 e. The van der Waals surface area contributed by atoms with Crippen LogP contribution < -0.4 is 16.0 Å². The first kappa shape index (κ1) is 14.9. The minimum atomic E-state index is -0.168. The van der Waals surface area contributed by atoms with Crippen LogP contribution in [0.4, 0.5) is 0 Å². The predicted octanol–water partition coefficient (Wildman–Crippen LogP) is 3.42. The molecule has 3 N–H and O–H groups in total. The molecule has 0 radical (unpaired) electrons. The van der Waals surface area contributed by atoms with Crippen molar-refractivity contribution >= 4 is 11.6 Å². The highest BCUT2D eigenvalue weighted by atomic mass is 35.5. The third-order valence-electron chi connectivity index (χ3n) is 3.58. The normalized spacial score (nSPS) is 12.5. The molecule has 1 aromatic heterocycles. The van der Waals surface area contributed by atoms with E-state index in [9.17, 15) is 0 Å². The Morgan fingerprint density at radius 1 is 1.25 bits per heavy atom. The van der Waals surface area contributed by atoms with Crippen molar-refractivity contribution in [1.29, 1.82) is 0 Å². The third kappa shape index (κ3) is 2.54. The van der Waals surface area contributed by atoms with Crippen molar-refractivity contribution in [2.45, 2.75) is 26.8 Å². The lowest BCUT2D eigenvalue weighted by Gasteiger charge is -2.18. The van der Waals surface area contributed by atoms with Crippen LogP contribution in [0.3, 0.4) is 0 Å². The summed E-state index contributed by atoms with van der Waals surface area (Å²) < 4.78 is 10.9. The molecule has 0 saturated carbocycles. The third-order valence-corrected chi connectivity index (χ3v) is 3.89. The van der Waals surface area contributed by atoms with Gasteiger partial charge in [0.2, 0.25) is 0 Å². The molecule has 0 bridgehead atoms. The summed E-state index contributed by atoms with van der Waals surface area (Å²) in [6.45, 7) is 5.91. The van der Waals surface area contributed by atoms with Gasteiger partial charge in [-0.2, -0.15) is 0 Å². The van der Waals surface area contributed by atoms with E-state index < -0.39 is 0 Å². The lowest BCUT2D eigenvalue weighted by molar-refractivity contribution is 0.413. The Bertz CT molecular complexity index is 623. The van der Waals surface area contributed by atoms with Crippen LogP contribution in [0.2, 0.25) is 5.02 Å². The summed E-state index contributed by atoms with van der Waals surface area (Å²) in [6, 6.07) is 5.45. The maximum Gasteiger partial charge on any atom is 0.137 e. The average Bonchev–Trinajstić information content (AvgIpc) is 2.68. The van der Waals surface area contributed by atoms with E-state index in [1.807, 2.05) is 32.9 Å². The maximum atomic E-state index is 6.06. The van der Waals surface area contributed by atoms with Crippen molar-refractivity contribution < 1.29 is 9.15 Å². The Balaban J connectivity index is 2.52. The van der Waals surface area contributed by atoms with Crippen molar-refractivity contribution in [2.75, 3.05) is 7.11 Å². The Morgan fingerprint density at radius 2 is 1.95 bits per heavy atom. The molecular weight excluding hydrogens is 276 g/mol. The van der Waals surface area contributed by atoms with Crippen molar-refractivity contribution in [1.82, 2.24) is 5.43 Å². The van der Waals surface area contributed by atoms with Crippen LogP contribution in [-0.4, -0.2) is 7.11 Å². The highest BCUT2D eigenvalue weighted by molar-refractivity contribution is 6.32. The molecule has 0 aliphatic rings. The molecule has 0 aliphatic heterocycles. The van der Waals surface area contributed by atoms with Crippen LogP contribution in [0.1, 0.15) is 34.3 Å². The van der Waals surface area contributed by atoms with E-state index >= 15 is 0 Å². The van der Waals surface area contributed by atoms with Crippen LogP contribution in [0.25, 0.3) is 0 Å². The summed E-state index contributed by atoms with van der Waals surface area (Å²) in [6.07, 6.45) is 0. The summed E-state index contributed by atoms with van der Waals surface area (Å²) in [5, 5.41) is 0.573. The number of furan rings is 1. The molecule has 1 atom stereocenters. The number of rotatable bonds is 4. The van der Waals surface area contributed by atoms with E-state index in [1.165, 1.54) is 0 Å². The molecule has 0 amide bonds. The number of hydrogen-bond donors (Lipinski definition) is 2. The zero-order valence-corrected chi connectivity index (χ0v) is 12.8. The molecule has 1 heterocycles. The van der Waals surface area contributed by atoms with E-state index in [1.54, 1.807) is 13.2 Å². The van der Waals surface area contributed by atoms with Crippen LogP contribution in [0.5, 0.6) is 5.75 Å². The molecule has 5 heteroatoms. The number of nitrogens with two attached hydrogens (primary N) is 1. The van der Waals surface area contributed by atoms with Gasteiger partial charge in [0, 0.05) is 5.56 Å². The van der Waals surface area contributed by atoms with Crippen molar-refractivity contribution in [3.8, 4) is 5.75 Å². The lowest BCUT2D eigenvalue weighted by Crippen LogP contribution is -2.29. The monoisotopic (exact) mass is 294 g/mol. The second-order valence-electron chi connectivity index (χ2n) is 4.75. The number of ether oxygens (including phenoxy) is 1. The first-order valence-corrected chi connectivity index (χ1v) is 6.73. The van der Waals surface area contributed by atoms with Crippen molar-refractivity contribution in [2.24, 2.45) is 5.84 Å². The largest absolute Gasteiger partial charge is 0.495 e. The second-order valence-corrected chi connectivity index (χ2v) is 5.15. The topological polar surface area (TPSA) is 60.4 Å². The Labute approximate surface area is 123 Å².